The van der Waals surface area contributed by atoms with E-state index < -0.39 is 11.8 Å². The van der Waals surface area contributed by atoms with Crippen molar-refractivity contribution in [3.8, 4) is 11.6 Å². The van der Waals surface area contributed by atoms with Crippen LogP contribution in [0.25, 0.3) is 0 Å². The lowest BCUT2D eigenvalue weighted by molar-refractivity contribution is 0.0690. The Kier molecular flexibility index (Phi) is 5.22. The number of fused-ring (bicyclic) bond motifs is 1. The molecule has 1 aliphatic heterocycles. The second kappa shape index (κ2) is 7.98. The molecule has 0 aliphatic carbocycles. The molecular weight excluding hydrogens is 389 g/mol. The molecular formula is C22H20FN3O4. The number of benzene rings is 2. The molecule has 154 valence electrons. The highest BCUT2D eigenvalue weighted by Gasteiger charge is 2.30. The van der Waals surface area contributed by atoms with Gasteiger partial charge in [0.1, 0.15) is 23.7 Å². The standard InChI is InChI=1S/C22H20FN3O4/c1-13-9-14-5-3-4-6-19(14)26(13)22-24-11-17(21(27)28)20(25-22)30-12-15-7-8-16(29-2)10-18(15)23/h3-8,10-11,13H,9,12H2,1-2H3,(H,27,28)/t13-/m1/s1. The average molecular weight is 409 g/mol. The maximum atomic E-state index is 14.2. The third kappa shape index (κ3) is 3.63. The second-order valence-electron chi connectivity index (χ2n) is 6.99. The molecule has 30 heavy (non-hydrogen) atoms. The zero-order valence-corrected chi connectivity index (χ0v) is 16.5. The molecule has 0 spiro atoms. The number of aromatic carboxylic acids is 1. The van der Waals surface area contributed by atoms with Crippen LogP contribution in [-0.2, 0) is 13.0 Å². The summed E-state index contributed by atoms with van der Waals surface area (Å²) < 4.78 is 24.8. The molecule has 4 rings (SSSR count). The number of nitrogens with zero attached hydrogens (tertiary/aromatic N) is 3. The molecule has 0 saturated carbocycles. The molecule has 2 aromatic carbocycles. The monoisotopic (exact) mass is 409 g/mol. The number of hydrogen-bond donors (Lipinski definition) is 1. The zero-order valence-electron chi connectivity index (χ0n) is 16.5. The van der Waals surface area contributed by atoms with Gasteiger partial charge in [-0.05, 0) is 37.1 Å². The molecule has 1 atom stereocenters. The number of hydrogen-bond acceptors (Lipinski definition) is 6. The first-order valence-electron chi connectivity index (χ1n) is 9.40. The first-order valence-corrected chi connectivity index (χ1v) is 9.40. The van der Waals surface area contributed by atoms with Crippen molar-refractivity contribution in [2.75, 3.05) is 12.0 Å². The van der Waals surface area contributed by atoms with E-state index in [1.54, 1.807) is 6.07 Å². The third-order valence-electron chi connectivity index (χ3n) is 5.02. The van der Waals surface area contributed by atoms with Crippen molar-refractivity contribution in [2.24, 2.45) is 0 Å². The smallest absolute Gasteiger partial charge is 0.342 e. The van der Waals surface area contributed by atoms with E-state index in [1.165, 1.54) is 31.0 Å². The van der Waals surface area contributed by atoms with Crippen molar-refractivity contribution in [1.29, 1.82) is 0 Å². The molecule has 0 fully saturated rings. The maximum absolute atomic E-state index is 14.2. The van der Waals surface area contributed by atoms with E-state index in [0.29, 0.717) is 11.7 Å². The number of anilines is 2. The average Bonchev–Trinajstić information content (AvgIpc) is 3.08. The van der Waals surface area contributed by atoms with E-state index in [-0.39, 0.29) is 29.7 Å². The van der Waals surface area contributed by atoms with Gasteiger partial charge in [-0.2, -0.15) is 4.98 Å². The van der Waals surface area contributed by atoms with Crippen LogP contribution in [0.4, 0.5) is 16.0 Å². The van der Waals surface area contributed by atoms with Gasteiger partial charge >= 0.3 is 5.97 Å². The van der Waals surface area contributed by atoms with Crippen LogP contribution in [0.15, 0.2) is 48.7 Å². The number of ether oxygens (including phenoxy) is 2. The number of rotatable bonds is 6. The van der Waals surface area contributed by atoms with Crippen molar-refractivity contribution in [1.82, 2.24) is 9.97 Å². The van der Waals surface area contributed by atoms with Gasteiger partial charge in [-0.3, -0.25) is 0 Å². The molecule has 7 nitrogen and oxygen atoms in total. The Labute approximate surface area is 172 Å². The molecule has 0 saturated heterocycles. The summed E-state index contributed by atoms with van der Waals surface area (Å²) in [7, 11) is 1.45. The number of methoxy groups -OCH3 is 1. The van der Waals surface area contributed by atoms with Crippen LogP contribution in [0, 0.1) is 5.82 Å². The first kappa shape index (κ1) is 19.6. The largest absolute Gasteiger partial charge is 0.497 e. The van der Waals surface area contributed by atoms with Gasteiger partial charge in [-0.1, -0.05) is 18.2 Å². The summed E-state index contributed by atoms with van der Waals surface area (Å²) in [6.45, 7) is 1.86. The van der Waals surface area contributed by atoms with Crippen LogP contribution >= 0.6 is 0 Å². The number of para-hydroxylation sites is 1. The van der Waals surface area contributed by atoms with Gasteiger partial charge in [0, 0.05) is 23.4 Å². The molecule has 0 radical (unpaired) electrons. The van der Waals surface area contributed by atoms with Crippen molar-refractivity contribution in [3.63, 3.8) is 0 Å². The van der Waals surface area contributed by atoms with Gasteiger partial charge in [0.15, 0.2) is 0 Å². The van der Waals surface area contributed by atoms with E-state index in [2.05, 4.69) is 9.97 Å². The summed E-state index contributed by atoms with van der Waals surface area (Å²) >= 11 is 0. The quantitative estimate of drug-likeness (QED) is 0.659. The highest BCUT2D eigenvalue weighted by Crippen LogP contribution is 2.37. The molecule has 0 amide bonds. The summed E-state index contributed by atoms with van der Waals surface area (Å²) in [5.41, 5.74) is 2.21. The van der Waals surface area contributed by atoms with E-state index in [0.717, 1.165) is 12.1 Å². The lowest BCUT2D eigenvalue weighted by Gasteiger charge is -2.23. The molecule has 1 N–H and O–H groups in total. The van der Waals surface area contributed by atoms with Crippen LogP contribution < -0.4 is 14.4 Å². The Morgan fingerprint density at radius 2 is 2.10 bits per heavy atom. The highest BCUT2D eigenvalue weighted by atomic mass is 19.1. The number of carboxylic acid groups (broad SMARTS) is 1. The van der Waals surface area contributed by atoms with E-state index in [9.17, 15) is 14.3 Å². The van der Waals surface area contributed by atoms with Gasteiger partial charge in [0.2, 0.25) is 11.8 Å². The number of carboxylic acids is 1. The predicted octanol–water partition coefficient (Wildman–Crippen LogP) is 3.98. The van der Waals surface area contributed by atoms with Gasteiger partial charge in [-0.15, -0.1) is 0 Å². The normalized spacial score (nSPS) is 15.0. The Hall–Kier alpha value is -3.68. The summed E-state index contributed by atoms with van der Waals surface area (Å²) in [5.74, 6) is -1.13. The maximum Gasteiger partial charge on any atom is 0.342 e. The minimum Gasteiger partial charge on any atom is -0.497 e. The summed E-state index contributed by atoms with van der Waals surface area (Å²) in [6, 6.07) is 12.4. The molecule has 1 aliphatic rings. The Balaban J connectivity index is 1.65. The second-order valence-corrected chi connectivity index (χ2v) is 6.99. The van der Waals surface area contributed by atoms with Crippen molar-refractivity contribution in [3.05, 3.63) is 71.2 Å². The van der Waals surface area contributed by atoms with Crippen molar-refractivity contribution >= 4 is 17.6 Å². The lowest BCUT2D eigenvalue weighted by Crippen LogP contribution is -2.26. The molecule has 3 aromatic rings. The van der Waals surface area contributed by atoms with Crippen LogP contribution in [0.5, 0.6) is 11.6 Å². The zero-order chi connectivity index (χ0) is 21.3. The van der Waals surface area contributed by atoms with Gasteiger partial charge in [-0.25, -0.2) is 14.2 Å². The Morgan fingerprint density at radius 3 is 2.83 bits per heavy atom. The third-order valence-corrected chi connectivity index (χ3v) is 5.02. The Bertz CT molecular complexity index is 1110. The molecule has 8 heteroatoms. The minimum absolute atomic E-state index is 0.102. The Morgan fingerprint density at radius 1 is 1.30 bits per heavy atom. The number of aromatic nitrogens is 2. The van der Waals surface area contributed by atoms with E-state index in [4.69, 9.17) is 9.47 Å². The lowest BCUT2D eigenvalue weighted by atomic mass is 10.1. The molecule has 2 heterocycles. The van der Waals surface area contributed by atoms with Crippen molar-refractivity contribution < 1.29 is 23.8 Å². The van der Waals surface area contributed by atoms with Crippen molar-refractivity contribution in [2.45, 2.75) is 26.0 Å². The first-order chi connectivity index (χ1) is 14.5. The van der Waals surface area contributed by atoms with Gasteiger partial charge < -0.3 is 19.5 Å². The SMILES string of the molecule is COc1ccc(COc2nc(N3c4ccccc4C[C@H]3C)ncc2C(=O)O)c(F)c1. The summed E-state index contributed by atoms with van der Waals surface area (Å²) in [4.78, 5) is 22.2. The van der Waals surface area contributed by atoms with Crippen LogP contribution in [0.1, 0.15) is 28.4 Å². The fourth-order valence-electron chi connectivity index (χ4n) is 3.52. The van der Waals surface area contributed by atoms with Crippen LogP contribution in [0.3, 0.4) is 0 Å². The minimum atomic E-state index is -1.22. The molecule has 0 unspecified atom stereocenters. The summed E-state index contributed by atoms with van der Waals surface area (Å²) in [6.07, 6.45) is 2.05. The number of halogens is 1. The fraction of sp³-hybridized carbons (Fsp3) is 0.227. The van der Waals surface area contributed by atoms with Gasteiger partial charge in [0.25, 0.3) is 0 Å². The van der Waals surface area contributed by atoms with Crippen LogP contribution in [0.2, 0.25) is 0 Å². The summed E-state index contributed by atoms with van der Waals surface area (Å²) in [5, 5.41) is 9.49. The molecule has 1 aromatic heterocycles. The topological polar surface area (TPSA) is 84.8 Å². The fourth-order valence-corrected chi connectivity index (χ4v) is 3.52. The van der Waals surface area contributed by atoms with E-state index >= 15 is 0 Å². The van der Waals surface area contributed by atoms with E-state index in [1.807, 2.05) is 36.1 Å². The van der Waals surface area contributed by atoms with Gasteiger partial charge in [0.05, 0.1) is 13.3 Å². The highest BCUT2D eigenvalue weighted by molar-refractivity contribution is 5.90. The van der Waals surface area contributed by atoms with Crippen LogP contribution in [-0.4, -0.2) is 34.2 Å². The molecule has 0 bridgehead atoms. The predicted molar refractivity (Wildman–Crippen MR) is 108 cm³/mol. The number of carbonyl (C=O) groups is 1.